The van der Waals surface area contributed by atoms with E-state index in [9.17, 15) is 13.6 Å². The molecule has 0 amide bonds. The lowest BCUT2D eigenvalue weighted by Crippen LogP contribution is -2.27. The first kappa shape index (κ1) is 14.2. The minimum atomic E-state index is -0.621. The van der Waals surface area contributed by atoms with Crippen molar-refractivity contribution in [1.29, 1.82) is 0 Å². The van der Waals surface area contributed by atoms with Crippen LogP contribution in [-0.4, -0.2) is 5.78 Å². The highest BCUT2D eigenvalue weighted by Crippen LogP contribution is 2.38. The predicted octanol–water partition coefficient (Wildman–Crippen LogP) is 4.29. The molecule has 3 heteroatoms. The summed E-state index contributed by atoms with van der Waals surface area (Å²) in [4.78, 5) is 12.1. The van der Waals surface area contributed by atoms with E-state index in [1.54, 1.807) is 0 Å². The van der Waals surface area contributed by atoms with Crippen LogP contribution in [-0.2, 0) is 11.2 Å². The Balaban J connectivity index is 2.02. The molecule has 0 heterocycles. The summed E-state index contributed by atoms with van der Waals surface area (Å²) in [5.41, 5.74) is 0.206. The van der Waals surface area contributed by atoms with Crippen molar-refractivity contribution in [3.8, 4) is 0 Å². The van der Waals surface area contributed by atoms with Crippen LogP contribution < -0.4 is 0 Å². The summed E-state index contributed by atoms with van der Waals surface area (Å²) < 4.78 is 27.0. The first-order valence-corrected chi connectivity index (χ1v) is 6.85. The molecule has 1 nitrogen and oxygen atoms in total. The zero-order chi connectivity index (χ0) is 14.0. The Morgan fingerprint density at radius 3 is 2.26 bits per heavy atom. The topological polar surface area (TPSA) is 17.1 Å². The molecule has 1 fully saturated rings. The second-order valence-electron chi connectivity index (χ2n) is 6.28. The fourth-order valence-corrected chi connectivity index (χ4v) is 2.74. The average molecular weight is 266 g/mol. The molecular formula is C16H20F2O. The van der Waals surface area contributed by atoms with Crippen LogP contribution in [0.5, 0.6) is 0 Å². The zero-order valence-electron chi connectivity index (χ0n) is 11.5. The molecule has 2 rings (SSSR count). The number of rotatable bonds is 3. The molecular weight excluding hydrogens is 246 g/mol. The third kappa shape index (κ3) is 3.40. The standard InChI is InChI=1S/C16H20F2O/c1-16(2)8-6-11(7-9-16)15(19)10-12-13(17)4-3-5-14(12)18/h3-5,11H,6-10H2,1-2H3. The number of hydrogen-bond acceptors (Lipinski definition) is 1. The van der Waals surface area contributed by atoms with Crippen molar-refractivity contribution in [3.63, 3.8) is 0 Å². The highest BCUT2D eigenvalue weighted by molar-refractivity contribution is 5.83. The molecule has 0 atom stereocenters. The Labute approximate surface area is 113 Å². The van der Waals surface area contributed by atoms with E-state index in [0.717, 1.165) is 25.7 Å². The molecule has 0 unspecified atom stereocenters. The summed E-state index contributed by atoms with van der Waals surface area (Å²) >= 11 is 0. The van der Waals surface area contributed by atoms with Gasteiger partial charge in [0, 0.05) is 17.9 Å². The van der Waals surface area contributed by atoms with E-state index >= 15 is 0 Å². The van der Waals surface area contributed by atoms with Gasteiger partial charge in [0.1, 0.15) is 17.4 Å². The number of halogens is 2. The first-order chi connectivity index (χ1) is 8.89. The van der Waals surface area contributed by atoms with Crippen molar-refractivity contribution < 1.29 is 13.6 Å². The van der Waals surface area contributed by atoms with E-state index in [2.05, 4.69) is 13.8 Å². The number of Topliss-reactive ketones (excluding diaryl/α,β-unsaturated/α-hetero) is 1. The average Bonchev–Trinajstić information content (AvgIpc) is 2.33. The third-order valence-corrected chi connectivity index (χ3v) is 4.21. The van der Waals surface area contributed by atoms with E-state index in [1.165, 1.54) is 18.2 Å². The smallest absolute Gasteiger partial charge is 0.140 e. The number of carbonyl (C=O) groups is 1. The van der Waals surface area contributed by atoms with Crippen molar-refractivity contribution in [2.75, 3.05) is 0 Å². The number of benzene rings is 1. The van der Waals surface area contributed by atoms with Crippen molar-refractivity contribution in [2.24, 2.45) is 11.3 Å². The van der Waals surface area contributed by atoms with Gasteiger partial charge in [0.15, 0.2) is 0 Å². The lowest BCUT2D eigenvalue weighted by Gasteiger charge is -2.33. The van der Waals surface area contributed by atoms with Crippen molar-refractivity contribution >= 4 is 5.78 Å². The third-order valence-electron chi connectivity index (χ3n) is 4.21. The van der Waals surface area contributed by atoms with Gasteiger partial charge in [-0.3, -0.25) is 4.79 Å². The van der Waals surface area contributed by atoms with Crippen LogP contribution in [0.1, 0.15) is 45.1 Å². The molecule has 0 aromatic heterocycles. The Morgan fingerprint density at radius 2 is 1.74 bits per heavy atom. The molecule has 0 N–H and O–H groups in total. The SMILES string of the molecule is CC1(C)CCC(C(=O)Cc2c(F)cccc2F)CC1. The molecule has 1 aliphatic carbocycles. The Kier molecular flexibility index (Phi) is 4.02. The maximum absolute atomic E-state index is 13.5. The number of hydrogen-bond donors (Lipinski definition) is 0. The van der Waals surface area contributed by atoms with Gasteiger partial charge in [-0.1, -0.05) is 19.9 Å². The summed E-state index contributed by atoms with van der Waals surface area (Å²) in [7, 11) is 0. The van der Waals surface area contributed by atoms with Gasteiger partial charge in [-0.05, 0) is 43.2 Å². The largest absolute Gasteiger partial charge is 0.299 e. The zero-order valence-corrected chi connectivity index (χ0v) is 11.5. The van der Waals surface area contributed by atoms with Gasteiger partial charge < -0.3 is 0 Å². The minimum absolute atomic E-state index is 0.0282. The van der Waals surface area contributed by atoms with E-state index in [4.69, 9.17) is 0 Å². The summed E-state index contributed by atoms with van der Waals surface area (Å²) in [6.45, 7) is 4.40. The maximum Gasteiger partial charge on any atom is 0.140 e. The monoisotopic (exact) mass is 266 g/mol. The maximum atomic E-state index is 13.5. The molecule has 0 bridgehead atoms. The van der Waals surface area contributed by atoms with Crippen LogP contribution in [0.25, 0.3) is 0 Å². The van der Waals surface area contributed by atoms with Crippen LogP contribution in [0.3, 0.4) is 0 Å². The second-order valence-corrected chi connectivity index (χ2v) is 6.28. The van der Waals surface area contributed by atoms with Crippen LogP contribution in [0, 0.1) is 23.0 Å². The van der Waals surface area contributed by atoms with Crippen LogP contribution in [0.2, 0.25) is 0 Å². The molecule has 1 aromatic rings. The highest BCUT2D eigenvalue weighted by atomic mass is 19.1. The van der Waals surface area contributed by atoms with Gasteiger partial charge in [0.25, 0.3) is 0 Å². The summed E-state index contributed by atoms with van der Waals surface area (Å²) in [5.74, 6) is -1.31. The molecule has 1 aromatic carbocycles. The van der Waals surface area contributed by atoms with Gasteiger partial charge in [0.05, 0.1) is 0 Å². The molecule has 0 aliphatic heterocycles. The molecule has 0 radical (unpaired) electrons. The Hall–Kier alpha value is -1.25. The van der Waals surface area contributed by atoms with Crippen LogP contribution >= 0.6 is 0 Å². The van der Waals surface area contributed by atoms with Crippen molar-refractivity contribution in [2.45, 2.75) is 46.0 Å². The number of carbonyl (C=O) groups excluding carboxylic acids is 1. The van der Waals surface area contributed by atoms with Gasteiger partial charge in [-0.15, -0.1) is 0 Å². The van der Waals surface area contributed by atoms with E-state index in [0.29, 0.717) is 5.41 Å². The van der Waals surface area contributed by atoms with Crippen LogP contribution in [0.15, 0.2) is 18.2 Å². The quantitative estimate of drug-likeness (QED) is 0.797. The first-order valence-electron chi connectivity index (χ1n) is 6.85. The molecule has 19 heavy (non-hydrogen) atoms. The van der Waals surface area contributed by atoms with Gasteiger partial charge in [-0.25, -0.2) is 8.78 Å². The molecule has 0 saturated heterocycles. The lowest BCUT2D eigenvalue weighted by atomic mass is 9.71. The Bertz CT molecular complexity index is 449. The predicted molar refractivity (Wildman–Crippen MR) is 70.8 cm³/mol. The normalized spacial score (nSPS) is 19.4. The van der Waals surface area contributed by atoms with E-state index < -0.39 is 11.6 Å². The van der Waals surface area contributed by atoms with Crippen molar-refractivity contribution in [1.82, 2.24) is 0 Å². The van der Waals surface area contributed by atoms with Gasteiger partial charge in [0.2, 0.25) is 0 Å². The minimum Gasteiger partial charge on any atom is -0.299 e. The number of ketones is 1. The van der Waals surface area contributed by atoms with E-state index in [1.807, 2.05) is 0 Å². The lowest BCUT2D eigenvalue weighted by molar-refractivity contribution is -0.123. The van der Waals surface area contributed by atoms with Crippen LogP contribution in [0.4, 0.5) is 8.78 Å². The van der Waals surface area contributed by atoms with Crippen molar-refractivity contribution in [3.05, 3.63) is 35.4 Å². The molecule has 1 aliphatic rings. The van der Waals surface area contributed by atoms with Gasteiger partial charge >= 0.3 is 0 Å². The molecule has 104 valence electrons. The highest BCUT2D eigenvalue weighted by Gasteiger charge is 2.31. The Morgan fingerprint density at radius 1 is 1.21 bits per heavy atom. The summed E-state index contributed by atoms with van der Waals surface area (Å²) in [6, 6.07) is 3.73. The summed E-state index contributed by atoms with van der Waals surface area (Å²) in [5, 5.41) is 0. The fourth-order valence-electron chi connectivity index (χ4n) is 2.74. The fraction of sp³-hybridized carbons (Fsp3) is 0.562. The molecule has 0 spiro atoms. The van der Waals surface area contributed by atoms with Gasteiger partial charge in [-0.2, -0.15) is 0 Å². The summed E-state index contributed by atoms with van der Waals surface area (Å²) in [6.07, 6.45) is 3.56. The van der Waals surface area contributed by atoms with E-state index in [-0.39, 0.29) is 23.7 Å². The second kappa shape index (κ2) is 5.40. The molecule has 1 saturated carbocycles.